The zero-order chi connectivity index (χ0) is 10.8. The molecule has 1 aromatic carbocycles. The molecule has 1 heterocycles. The molecule has 0 spiro atoms. The minimum Gasteiger partial charge on any atom is -0.409 e. The molecule has 4 nitrogen and oxygen atoms in total. The highest BCUT2D eigenvalue weighted by molar-refractivity contribution is 7.71. The summed E-state index contributed by atoms with van der Waals surface area (Å²) in [7, 11) is 0. The molecule has 0 saturated heterocycles. The molecule has 0 fully saturated rings. The maximum Gasteiger partial charge on any atom is 0.289 e. The summed E-state index contributed by atoms with van der Waals surface area (Å²) in [5.41, 5.74) is 0.650. The topological polar surface area (TPSA) is 51.2 Å². The van der Waals surface area contributed by atoms with E-state index in [1.165, 1.54) is 4.68 Å². The van der Waals surface area contributed by atoms with E-state index >= 15 is 0 Å². The summed E-state index contributed by atoms with van der Waals surface area (Å²) in [6.45, 7) is -0.313. The fourth-order valence-electron chi connectivity index (χ4n) is 1.14. The monoisotopic (exact) mass is 242 g/mol. The van der Waals surface area contributed by atoms with Gasteiger partial charge in [0.2, 0.25) is 5.89 Å². The highest BCUT2D eigenvalue weighted by Crippen LogP contribution is 2.25. The number of hydrogen-bond donors (Lipinski definition) is 1. The number of nitrogens with zero attached hydrogens (tertiary/aromatic N) is 2. The van der Waals surface area contributed by atoms with Crippen LogP contribution in [0.5, 0.6) is 0 Å². The van der Waals surface area contributed by atoms with E-state index in [0.29, 0.717) is 16.5 Å². The average Bonchev–Trinajstić information content (AvgIpc) is 2.60. The van der Waals surface area contributed by atoms with Crippen LogP contribution in [0.2, 0.25) is 5.02 Å². The second-order valence-corrected chi connectivity index (χ2v) is 3.55. The highest BCUT2D eigenvalue weighted by atomic mass is 35.5. The standard InChI is InChI=1S/C9H7ClN2O2S/c10-7-4-2-1-3-6(7)8-11-12(5-13)9(15)14-8/h1-4,13H,5H2. The quantitative estimate of drug-likeness (QED) is 0.822. The Hall–Kier alpha value is -1.17. The molecule has 0 saturated carbocycles. The van der Waals surface area contributed by atoms with Gasteiger partial charge < -0.3 is 9.52 Å². The van der Waals surface area contributed by atoms with Crippen LogP contribution in [0.3, 0.4) is 0 Å². The van der Waals surface area contributed by atoms with E-state index in [-0.39, 0.29) is 11.6 Å². The van der Waals surface area contributed by atoms with Crippen LogP contribution in [0.25, 0.3) is 11.5 Å². The fraction of sp³-hybridized carbons (Fsp3) is 0.111. The molecule has 0 bridgehead atoms. The second-order valence-electron chi connectivity index (χ2n) is 2.79. The van der Waals surface area contributed by atoms with Gasteiger partial charge in [-0.2, -0.15) is 4.68 Å². The number of aliphatic hydroxyl groups is 1. The average molecular weight is 243 g/mol. The SMILES string of the molecule is OCn1nc(-c2ccccc2Cl)oc1=S. The van der Waals surface area contributed by atoms with Crippen LogP contribution in [0.15, 0.2) is 28.7 Å². The molecule has 0 radical (unpaired) electrons. The van der Waals surface area contributed by atoms with E-state index in [1.807, 2.05) is 12.1 Å². The zero-order valence-corrected chi connectivity index (χ0v) is 9.13. The van der Waals surface area contributed by atoms with Crippen molar-refractivity contribution in [2.75, 3.05) is 0 Å². The zero-order valence-electron chi connectivity index (χ0n) is 7.55. The van der Waals surface area contributed by atoms with Crippen molar-refractivity contribution in [3.63, 3.8) is 0 Å². The van der Waals surface area contributed by atoms with Crippen LogP contribution >= 0.6 is 23.8 Å². The first-order valence-corrected chi connectivity index (χ1v) is 4.94. The Morgan fingerprint density at radius 3 is 2.80 bits per heavy atom. The Bertz CT molecular complexity index is 535. The maximum atomic E-state index is 8.89. The van der Waals surface area contributed by atoms with Gasteiger partial charge in [-0.05, 0) is 24.4 Å². The van der Waals surface area contributed by atoms with Crippen molar-refractivity contribution in [1.82, 2.24) is 9.78 Å². The van der Waals surface area contributed by atoms with E-state index in [1.54, 1.807) is 12.1 Å². The number of hydrogen-bond acceptors (Lipinski definition) is 4. The summed E-state index contributed by atoms with van der Waals surface area (Å²) >= 11 is 10.8. The summed E-state index contributed by atoms with van der Waals surface area (Å²) in [5, 5.41) is 13.4. The Labute approximate surface area is 95.7 Å². The minimum atomic E-state index is -0.313. The first kappa shape index (κ1) is 10.4. The van der Waals surface area contributed by atoms with Crippen LogP contribution in [0.1, 0.15) is 0 Å². The van der Waals surface area contributed by atoms with Crippen LogP contribution in [0, 0.1) is 4.84 Å². The van der Waals surface area contributed by atoms with Gasteiger partial charge in [0, 0.05) is 0 Å². The molecule has 0 atom stereocenters. The largest absolute Gasteiger partial charge is 0.409 e. The normalized spacial score (nSPS) is 10.5. The predicted molar refractivity (Wildman–Crippen MR) is 58.0 cm³/mol. The van der Waals surface area contributed by atoms with E-state index in [2.05, 4.69) is 5.10 Å². The third kappa shape index (κ3) is 1.94. The molecule has 0 aliphatic carbocycles. The van der Waals surface area contributed by atoms with Gasteiger partial charge in [-0.15, -0.1) is 5.10 Å². The molecule has 6 heteroatoms. The predicted octanol–water partition coefficient (Wildman–Crippen LogP) is 2.48. The highest BCUT2D eigenvalue weighted by Gasteiger charge is 2.10. The van der Waals surface area contributed by atoms with Crippen LogP contribution in [-0.4, -0.2) is 14.9 Å². The second kappa shape index (κ2) is 4.14. The molecule has 0 aliphatic rings. The Morgan fingerprint density at radius 2 is 2.20 bits per heavy atom. The van der Waals surface area contributed by atoms with Gasteiger partial charge in [0.25, 0.3) is 4.84 Å². The van der Waals surface area contributed by atoms with Crippen LogP contribution < -0.4 is 0 Å². The van der Waals surface area contributed by atoms with Gasteiger partial charge >= 0.3 is 0 Å². The van der Waals surface area contributed by atoms with Crippen molar-refractivity contribution in [2.45, 2.75) is 6.73 Å². The summed E-state index contributed by atoms with van der Waals surface area (Å²) in [5.74, 6) is 0.305. The minimum absolute atomic E-state index is 0.118. The molecule has 2 aromatic rings. The third-order valence-corrected chi connectivity index (χ3v) is 2.47. The van der Waals surface area contributed by atoms with Crippen LogP contribution in [-0.2, 0) is 6.73 Å². The third-order valence-electron chi connectivity index (χ3n) is 1.84. The van der Waals surface area contributed by atoms with Crippen molar-refractivity contribution in [2.24, 2.45) is 0 Å². The van der Waals surface area contributed by atoms with Crippen molar-refractivity contribution in [3.8, 4) is 11.5 Å². The lowest BCUT2D eigenvalue weighted by molar-refractivity contribution is 0.190. The maximum absolute atomic E-state index is 8.89. The van der Waals surface area contributed by atoms with Gasteiger partial charge in [-0.1, -0.05) is 23.7 Å². The van der Waals surface area contributed by atoms with Crippen LogP contribution in [0.4, 0.5) is 0 Å². The Balaban J connectivity index is 2.55. The lowest BCUT2D eigenvalue weighted by Gasteiger charge is -1.96. The lowest BCUT2D eigenvalue weighted by Crippen LogP contribution is -1.98. The number of aromatic nitrogens is 2. The molecule has 78 valence electrons. The van der Waals surface area contributed by atoms with Gasteiger partial charge in [-0.3, -0.25) is 0 Å². The molecule has 1 aromatic heterocycles. The van der Waals surface area contributed by atoms with Crippen molar-refractivity contribution >= 4 is 23.8 Å². The number of rotatable bonds is 2. The van der Waals surface area contributed by atoms with E-state index in [0.717, 1.165) is 0 Å². The Kier molecular flexibility index (Phi) is 2.86. The summed E-state index contributed by atoms with van der Waals surface area (Å²) in [6.07, 6.45) is 0. The van der Waals surface area contributed by atoms with E-state index < -0.39 is 0 Å². The molecule has 0 aliphatic heterocycles. The summed E-state index contributed by atoms with van der Waals surface area (Å²) in [6, 6.07) is 7.12. The molecule has 15 heavy (non-hydrogen) atoms. The molecular formula is C9H7ClN2O2S. The van der Waals surface area contributed by atoms with Crippen molar-refractivity contribution < 1.29 is 9.52 Å². The number of halogens is 1. The summed E-state index contributed by atoms with van der Waals surface area (Å²) in [4.78, 5) is 0.118. The molecule has 0 unspecified atom stereocenters. The first-order valence-electron chi connectivity index (χ1n) is 4.16. The number of aliphatic hydroxyl groups excluding tert-OH is 1. The molecule has 0 amide bonds. The van der Waals surface area contributed by atoms with Gasteiger partial charge in [0.15, 0.2) is 0 Å². The van der Waals surface area contributed by atoms with Crippen molar-refractivity contribution in [1.29, 1.82) is 0 Å². The van der Waals surface area contributed by atoms with Gasteiger partial charge in [0.1, 0.15) is 6.73 Å². The van der Waals surface area contributed by atoms with Gasteiger partial charge in [0.05, 0.1) is 10.6 Å². The first-order chi connectivity index (χ1) is 7.22. The molecule has 1 N–H and O–H groups in total. The van der Waals surface area contributed by atoms with Gasteiger partial charge in [-0.25, -0.2) is 0 Å². The molecule has 2 rings (SSSR count). The van der Waals surface area contributed by atoms with Crippen molar-refractivity contribution in [3.05, 3.63) is 34.1 Å². The fourth-order valence-corrected chi connectivity index (χ4v) is 1.53. The molecular weight excluding hydrogens is 236 g/mol. The summed E-state index contributed by atoms with van der Waals surface area (Å²) < 4.78 is 6.37. The number of benzene rings is 1. The van der Waals surface area contributed by atoms with E-state index in [4.69, 9.17) is 33.3 Å². The smallest absolute Gasteiger partial charge is 0.289 e. The Morgan fingerprint density at radius 1 is 1.47 bits per heavy atom. The van der Waals surface area contributed by atoms with E-state index in [9.17, 15) is 0 Å². The lowest BCUT2D eigenvalue weighted by atomic mass is 10.2.